The molecular formula is C17H32N2O. The topological polar surface area (TPSA) is 24.5 Å². The summed E-state index contributed by atoms with van der Waals surface area (Å²) in [6.07, 6.45) is 11.9. The van der Waals surface area contributed by atoms with Gasteiger partial charge >= 0.3 is 0 Å². The number of piperidine rings is 1. The first-order valence-electron chi connectivity index (χ1n) is 8.94. The van der Waals surface area contributed by atoms with Gasteiger partial charge in [-0.2, -0.15) is 0 Å². The summed E-state index contributed by atoms with van der Waals surface area (Å²) < 4.78 is 6.21. The highest BCUT2D eigenvalue weighted by Crippen LogP contribution is 2.26. The Bertz CT molecular complexity index is 285. The molecule has 3 rings (SSSR count). The smallest absolute Gasteiger partial charge is 0.0707 e. The average molecular weight is 280 g/mol. The van der Waals surface area contributed by atoms with E-state index in [2.05, 4.69) is 17.1 Å². The quantitative estimate of drug-likeness (QED) is 0.776. The van der Waals surface area contributed by atoms with Crippen LogP contribution < -0.4 is 5.32 Å². The van der Waals surface area contributed by atoms with Gasteiger partial charge in [-0.3, -0.25) is 0 Å². The van der Waals surface area contributed by atoms with Gasteiger partial charge in [-0.1, -0.05) is 19.8 Å². The van der Waals surface area contributed by atoms with Gasteiger partial charge in [0, 0.05) is 19.1 Å². The van der Waals surface area contributed by atoms with E-state index in [-0.39, 0.29) is 0 Å². The third-order valence-electron chi connectivity index (χ3n) is 5.27. The minimum Gasteiger partial charge on any atom is -0.372 e. The van der Waals surface area contributed by atoms with Gasteiger partial charge in [-0.15, -0.1) is 0 Å². The monoisotopic (exact) mass is 280 g/mol. The Morgan fingerprint density at radius 2 is 1.75 bits per heavy atom. The molecule has 3 heteroatoms. The standard InChI is InChI=1S/C17H32N2O/c1-2-3-14-8-10-19(11-9-14)13-17-7-6-16(20-17)12-18-15-4-5-15/h14-18H,2-13H2,1H3. The first kappa shape index (κ1) is 14.8. The molecule has 0 spiro atoms. The lowest BCUT2D eigenvalue weighted by molar-refractivity contribution is 0.0162. The van der Waals surface area contributed by atoms with Crippen LogP contribution in [0, 0.1) is 5.92 Å². The van der Waals surface area contributed by atoms with Crippen molar-refractivity contribution in [2.24, 2.45) is 5.92 Å². The van der Waals surface area contributed by atoms with Crippen molar-refractivity contribution < 1.29 is 4.74 Å². The molecule has 2 unspecified atom stereocenters. The zero-order valence-electron chi connectivity index (χ0n) is 13.2. The second-order valence-corrected chi connectivity index (χ2v) is 7.17. The lowest BCUT2D eigenvalue weighted by Gasteiger charge is -2.33. The third-order valence-corrected chi connectivity index (χ3v) is 5.27. The van der Waals surface area contributed by atoms with Crippen LogP contribution in [0.15, 0.2) is 0 Å². The fourth-order valence-electron chi connectivity index (χ4n) is 3.80. The van der Waals surface area contributed by atoms with Crippen molar-refractivity contribution in [1.29, 1.82) is 0 Å². The van der Waals surface area contributed by atoms with Crippen LogP contribution in [-0.4, -0.2) is 49.3 Å². The van der Waals surface area contributed by atoms with Crippen LogP contribution in [0.4, 0.5) is 0 Å². The van der Waals surface area contributed by atoms with Gasteiger partial charge in [0.2, 0.25) is 0 Å². The van der Waals surface area contributed by atoms with E-state index < -0.39 is 0 Å². The molecule has 1 N–H and O–H groups in total. The summed E-state index contributed by atoms with van der Waals surface area (Å²) in [5, 5.41) is 3.60. The number of hydrogen-bond acceptors (Lipinski definition) is 3. The van der Waals surface area contributed by atoms with Crippen LogP contribution >= 0.6 is 0 Å². The molecule has 0 aromatic rings. The zero-order valence-corrected chi connectivity index (χ0v) is 13.2. The first-order chi connectivity index (χ1) is 9.83. The molecule has 116 valence electrons. The van der Waals surface area contributed by atoms with Crippen molar-refractivity contribution >= 4 is 0 Å². The van der Waals surface area contributed by atoms with Crippen molar-refractivity contribution in [3.8, 4) is 0 Å². The fourth-order valence-corrected chi connectivity index (χ4v) is 3.80. The van der Waals surface area contributed by atoms with E-state index in [9.17, 15) is 0 Å². The lowest BCUT2D eigenvalue weighted by atomic mass is 9.92. The number of ether oxygens (including phenoxy) is 1. The summed E-state index contributed by atoms with van der Waals surface area (Å²) in [6, 6.07) is 0.815. The van der Waals surface area contributed by atoms with Gasteiger partial charge in [0.1, 0.15) is 0 Å². The third kappa shape index (κ3) is 4.44. The lowest BCUT2D eigenvalue weighted by Crippen LogP contribution is -2.39. The molecule has 0 aromatic carbocycles. The van der Waals surface area contributed by atoms with Gasteiger partial charge in [0.25, 0.3) is 0 Å². The van der Waals surface area contributed by atoms with E-state index in [1.165, 1.54) is 71.0 Å². The van der Waals surface area contributed by atoms with E-state index in [0.717, 1.165) is 18.5 Å². The number of nitrogens with one attached hydrogen (secondary N) is 1. The Kier molecular flexibility index (Phi) is 5.36. The molecule has 0 amide bonds. The Morgan fingerprint density at radius 1 is 1.00 bits per heavy atom. The van der Waals surface area contributed by atoms with Crippen molar-refractivity contribution in [2.45, 2.75) is 76.5 Å². The Hall–Kier alpha value is -0.120. The number of rotatable bonds is 7. The van der Waals surface area contributed by atoms with Crippen molar-refractivity contribution in [1.82, 2.24) is 10.2 Å². The minimum absolute atomic E-state index is 0.484. The second kappa shape index (κ2) is 7.24. The van der Waals surface area contributed by atoms with Gasteiger partial charge in [0.05, 0.1) is 12.2 Å². The molecule has 3 aliphatic rings. The van der Waals surface area contributed by atoms with Crippen molar-refractivity contribution in [3.63, 3.8) is 0 Å². The number of hydrogen-bond donors (Lipinski definition) is 1. The van der Waals surface area contributed by atoms with Crippen LogP contribution in [-0.2, 0) is 4.74 Å². The molecule has 0 radical (unpaired) electrons. The molecule has 0 bridgehead atoms. The highest BCUT2D eigenvalue weighted by Gasteiger charge is 2.30. The summed E-state index contributed by atoms with van der Waals surface area (Å²) >= 11 is 0. The Labute approximate surface area is 124 Å². The second-order valence-electron chi connectivity index (χ2n) is 7.17. The van der Waals surface area contributed by atoms with Crippen LogP contribution in [0.2, 0.25) is 0 Å². The number of likely N-dealkylation sites (tertiary alicyclic amines) is 1. The maximum atomic E-state index is 6.21. The van der Waals surface area contributed by atoms with Crippen molar-refractivity contribution in [2.75, 3.05) is 26.2 Å². The summed E-state index contributed by atoms with van der Waals surface area (Å²) in [5.74, 6) is 0.997. The highest BCUT2D eigenvalue weighted by atomic mass is 16.5. The molecule has 3 nitrogen and oxygen atoms in total. The van der Waals surface area contributed by atoms with E-state index in [1.807, 2.05) is 0 Å². The predicted molar refractivity (Wildman–Crippen MR) is 83.0 cm³/mol. The van der Waals surface area contributed by atoms with Gasteiger partial charge in [0.15, 0.2) is 0 Å². The molecule has 3 fully saturated rings. The van der Waals surface area contributed by atoms with E-state index in [0.29, 0.717) is 12.2 Å². The van der Waals surface area contributed by atoms with Crippen LogP contribution in [0.5, 0.6) is 0 Å². The Balaban J connectivity index is 1.30. The maximum Gasteiger partial charge on any atom is 0.0707 e. The first-order valence-corrected chi connectivity index (χ1v) is 8.94. The van der Waals surface area contributed by atoms with E-state index in [1.54, 1.807) is 0 Å². The van der Waals surface area contributed by atoms with Crippen LogP contribution in [0.3, 0.4) is 0 Å². The summed E-state index contributed by atoms with van der Waals surface area (Å²) in [5.41, 5.74) is 0. The summed E-state index contributed by atoms with van der Waals surface area (Å²) in [4.78, 5) is 2.65. The molecule has 2 atom stereocenters. The molecule has 2 aliphatic heterocycles. The number of nitrogens with zero attached hydrogens (tertiary/aromatic N) is 1. The molecular weight excluding hydrogens is 248 g/mol. The van der Waals surface area contributed by atoms with Gasteiger partial charge < -0.3 is 15.0 Å². The van der Waals surface area contributed by atoms with E-state index in [4.69, 9.17) is 4.74 Å². The largest absolute Gasteiger partial charge is 0.372 e. The minimum atomic E-state index is 0.484. The summed E-state index contributed by atoms with van der Waals surface area (Å²) in [7, 11) is 0. The molecule has 20 heavy (non-hydrogen) atoms. The van der Waals surface area contributed by atoms with Crippen molar-refractivity contribution in [3.05, 3.63) is 0 Å². The zero-order chi connectivity index (χ0) is 13.8. The Morgan fingerprint density at radius 3 is 2.45 bits per heavy atom. The molecule has 0 aromatic heterocycles. The highest BCUT2D eigenvalue weighted by molar-refractivity contribution is 4.85. The van der Waals surface area contributed by atoms with Crippen LogP contribution in [0.25, 0.3) is 0 Å². The van der Waals surface area contributed by atoms with Gasteiger partial charge in [-0.25, -0.2) is 0 Å². The normalized spacial score (nSPS) is 32.9. The summed E-state index contributed by atoms with van der Waals surface area (Å²) in [6.45, 7) is 7.18. The maximum absolute atomic E-state index is 6.21. The molecule has 2 saturated heterocycles. The molecule has 1 aliphatic carbocycles. The van der Waals surface area contributed by atoms with E-state index >= 15 is 0 Å². The molecule has 1 saturated carbocycles. The predicted octanol–water partition coefficient (Wildman–Crippen LogP) is 2.80. The SMILES string of the molecule is CCCC1CCN(CC2CCC(CNC3CC3)O2)CC1. The fraction of sp³-hybridized carbons (Fsp3) is 1.00. The molecule has 2 heterocycles. The van der Waals surface area contributed by atoms with Gasteiger partial charge in [-0.05, 0) is 57.5 Å². The van der Waals surface area contributed by atoms with Crippen LogP contribution in [0.1, 0.15) is 58.3 Å². The average Bonchev–Trinajstić information content (AvgIpc) is 3.19.